The first kappa shape index (κ1) is 14.5. The molecule has 0 saturated carbocycles. The van der Waals surface area contributed by atoms with E-state index >= 15 is 0 Å². The number of carbonyl (C=O) groups is 1. The first-order chi connectivity index (χ1) is 9.61. The zero-order chi connectivity index (χ0) is 14.5. The third kappa shape index (κ3) is 3.35. The average Bonchev–Trinajstić information content (AvgIpc) is 2.45. The molecule has 1 aromatic rings. The minimum atomic E-state index is -0.534. The van der Waals surface area contributed by atoms with Crippen molar-refractivity contribution in [3.05, 3.63) is 35.1 Å². The molecule has 1 aromatic carbocycles. The molecule has 0 bridgehead atoms. The number of hydrogen-bond acceptors (Lipinski definition) is 3. The largest absolute Gasteiger partial charge is 0.391 e. The number of likely N-dealkylation sites (tertiary alicyclic amines) is 1. The van der Waals surface area contributed by atoms with E-state index in [4.69, 9.17) is 5.11 Å². The molecule has 1 atom stereocenters. The predicted octanol–water partition coefficient (Wildman–Crippen LogP) is 0.766. The lowest BCUT2D eigenvalue weighted by Crippen LogP contribution is -2.42. The maximum absolute atomic E-state index is 13.4. The Hall–Kier alpha value is -1.90. The lowest BCUT2D eigenvalue weighted by Gasteiger charge is -2.30. The van der Waals surface area contributed by atoms with Gasteiger partial charge >= 0.3 is 0 Å². The van der Waals surface area contributed by atoms with Gasteiger partial charge in [0.1, 0.15) is 12.4 Å². The lowest BCUT2D eigenvalue weighted by atomic mass is 10.0. The summed E-state index contributed by atoms with van der Waals surface area (Å²) in [6.07, 6.45) is 0.859. The lowest BCUT2D eigenvalue weighted by molar-refractivity contribution is 0.0473. The Morgan fingerprint density at radius 2 is 2.30 bits per heavy atom. The number of nitrogens with zero attached hydrogens (tertiary/aromatic N) is 1. The van der Waals surface area contributed by atoms with Crippen LogP contribution < -0.4 is 0 Å². The van der Waals surface area contributed by atoms with Crippen molar-refractivity contribution in [3.63, 3.8) is 0 Å². The van der Waals surface area contributed by atoms with Crippen LogP contribution in [0.1, 0.15) is 28.8 Å². The van der Waals surface area contributed by atoms with Gasteiger partial charge in [0.15, 0.2) is 0 Å². The smallest absolute Gasteiger partial charge is 0.255 e. The van der Waals surface area contributed by atoms with E-state index in [1.165, 1.54) is 17.0 Å². The fraction of sp³-hybridized carbons (Fsp3) is 0.400. The van der Waals surface area contributed by atoms with Crippen molar-refractivity contribution in [1.29, 1.82) is 0 Å². The highest BCUT2D eigenvalue weighted by Crippen LogP contribution is 2.17. The van der Waals surface area contributed by atoms with Gasteiger partial charge in [0, 0.05) is 18.7 Å². The zero-order valence-corrected chi connectivity index (χ0v) is 11.0. The molecule has 2 N–H and O–H groups in total. The van der Waals surface area contributed by atoms with Crippen LogP contribution in [-0.2, 0) is 0 Å². The molecule has 0 radical (unpaired) electrons. The number of hydrogen-bond donors (Lipinski definition) is 2. The van der Waals surface area contributed by atoms with Gasteiger partial charge < -0.3 is 15.1 Å². The summed E-state index contributed by atoms with van der Waals surface area (Å²) in [6, 6.07) is 3.79. The van der Waals surface area contributed by atoms with Gasteiger partial charge in [-0.15, -0.1) is 0 Å². The summed E-state index contributed by atoms with van der Waals surface area (Å²) in [5, 5.41) is 18.3. The quantitative estimate of drug-likeness (QED) is 0.745. The SMILES string of the molecule is O=C(c1cc(F)ccc1C#CCO)N1CCCC(O)C1. The van der Waals surface area contributed by atoms with Crippen LogP contribution in [0, 0.1) is 17.7 Å². The molecule has 1 saturated heterocycles. The van der Waals surface area contributed by atoms with Crippen molar-refractivity contribution < 1.29 is 19.4 Å². The van der Waals surface area contributed by atoms with E-state index in [1.54, 1.807) is 0 Å². The average molecular weight is 277 g/mol. The number of aliphatic hydroxyl groups is 2. The van der Waals surface area contributed by atoms with Crippen LogP contribution in [0.3, 0.4) is 0 Å². The van der Waals surface area contributed by atoms with E-state index in [9.17, 15) is 14.3 Å². The number of aliphatic hydroxyl groups excluding tert-OH is 2. The highest BCUT2D eigenvalue weighted by Gasteiger charge is 2.24. The van der Waals surface area contributed by atoms with Gasteiger partial charge in [0.25, 0.3) is 5.91 Å². The van der Waals surface area contributed by atoms with Crippen molar-refractivity contribution in [3.8, 4) is 11.8 Å². The molecule has 1 fully saturated rings. The Kier molecular flexibility index (Phi) is 4.72. The van der Waals surface area contributed by atoms with Crippen LogP contribution in [0.4, 0.5) is 4.39 Å². The van der Waals surface area contributed by atoms with Crippen LogP contribution in [-0.4, -0.2) is 46.8 Å². The van der Waals surface area contributed by atoms with Gasteiger partial charge in [-0.3, -0.25) is 4.79 Å². The molecule has 4 nitrogen and oxygen atoms in total. The van der Waals surface area contributed by atoms with E-state index in [1.807, 2.05) is 0 Å². The summed E-state index contributed by atoms with van der Waals surface area (Å²) < 4.78 is 13.4. The molecular weight excluding hydrogens is 261 g/mol. The van der Waals surface area contributed by atoms with Gasteiger partial charge in [0.05, 0.1) is 11.7 Å². The molecule has 106 valence electrons. The number of β-amino-alcohol motifs (C(OH)–C–C–N with tert-alkyl or cyclic N) is 1. The molecule has 0 aromatic heterocycles. The normalized spacial score (nSPS) is 18.4. The van der Waals surface area contributed by atoms with Crippen molar-refractivity contribution in [2.75, 3.05) is 19.7 Å². The van der Waals surface area contributed by atoms with E-state index in [0.717, 1.165) is 12.5 Å². The van der Waals surface area contributed by atoms with Crippen molar-refractivity contribution in [1.82, 2.24) is 4.90 Å². The van der Waals surface area contributed by atoms with E-state index in [-0.39, 0.29) is 24.6 Å². The maximum atomic E-state index is 13.4. The predicted molar refractivity (Wildman–Crippen MR) is 71.5 cm³/mol. The second-order valence-electron chi connectivity index (χ2n) is 4.70. The Morgan fingerprint density at radius 3 is 3.00 bits per heavy atom. The van der Waals surface area contributed by atoms with Crippen LogP contribution in [0.25, 0.3) is 0 Å². The maximum Gasteiger partial charge on any atom is 0.255 e. The van der Waals surface area contributed by atoms with E-state index in [2.05, 4.69) is 11.8 Å². The van der Waals surface area contributed by atoms with Gasteiger partial charge in [-0.05, 0) is 31.0 Å². The standard InChI is InChI=1S/C15H16FNO3/c16-12-6-5-11(3-2-8-18)14(9-12)15(20)17-7-1-4-13(19)10-17/h5-6,9,13,18-19H,1,4,7-8,10H2. The molecule has 1 aliphatic rings. The van der Waals surface area contributed by atoms with Crippen LogP contribution in [0.15, 0.2) is 18.2 Å². The minimum Gasteiger partial charge on any atom is -0.391 e. The van der Waals surface area contributed by atoms with Crippen molar-refractivity contribution in [2.24, 2.45) is 0 Å². The summed E-state index contributed by atoms with van der Waals surface area (Å²) in [5.74, 6) is 4.24. The number of carbonyl (C=O) groups excluding carboxylic acids is 1. The van der Waals surface area contributed by atoms with Gasteiger partial charge in [-0.1, -0.05) is 11.8 Å². The zero-order valence-electron chi connectivity index (χ0n) is 11.0. The molecule has 20 heavy (non-hydrogen) atoms. The topological polar surface area (TPSA) is 60.8 Å². The fourth-order valence-corrected chi connectivity index (χ4v) is 2.25. The third-order valence-electron chi connectivity index (χ3n) is 3.20. The van der Waals surface area contributed by atoms with Crippen LogP contribution in [0.5, 0.6) is 0 Å². The molecule has 1 amide bonds. The molecule has 2 rings (SSSR count). The van der Waals surface area contributed by atoms with E-state index in [0.29, 0.717) is 18.5 Å². The molecule has 1 unspecified atom stereocenters. The number of benzene rings is 1. The Morgan fingerprint density at radius 1 is 1.50 bits per heavy atom. The van der Waals surface area contributed by atoms with Gasteiger partial charge in [-0.2, -0.15) is 0 Å². The Labute approximate surface area is 116 Å². The summed E-state index contributed by atoms with van der Waals surface area (Å²) >= 11 is 0. The highest BCUT2D eigenvalue weighted by atomic mass is 19.1. The highest BCUT2D eigenvalue weighted by molar-refractivity contribution is 5.96. The summed E-state index contributed by atoms with van der Waals surface area (Å²) in [4.78, 5) is 13.9. The second-order valence-corrected chi connectivity index (χ2v) is 4.70. The number of halogens is 1. The van der Waals surface area contributed by atoms with Crippen molar-refractivity contribution in [2.45, 2.75) is 18.9 Å². The summed E-state index contributed by atoms with van der Waals surface area (Å²) in [7, 11) is 0. The molecule has 0 aliphatic carbocycles. The number of rotatable bonds is 1. The number of amides is 1. The summed E-state index contributed by atoms with van der Waals surface area (Å²) in [5.41, 5.74) is 0.547. The van der Waals surface area contributed by atoms with E-state index < -0.39 is 11.9 Å². The molecule has 0 spiro atoms. The summed E-state index contributed by atoms with van der Waals surface area (Å²) in [6.45, 7) is 0.467. The monoisotopic (exact) mass is 277 g/mol. The van der Waals surface area contributed by atoms with Gasteiger partial charge in [-0.25, -0.2) is 4.39 Å². The van der Waals surface area contributed by atoms with Crippen LogP contribution >= 0.6 is 0 Å². The third-order valence-corrected chi connectivity index (χ3v) is 3.20. The van der Waals surface area contributed by atoms with Crippen molar-refractivity contribution >= 4 is 5.91 Å². The molecule has 1 heterocycles. The fourth-order valence-electron chi connectivity index (χ4n) is 2.25. The second kappa shape index (κ2) is 6.51. The first-order valence-electron chi connectivity index (χ1n) is 6.48. The Bertz CT molecular complexity index is 562. The molecular formula is C15H16FNO3. The number of piperidine rings is 1. The minimum absolute atomic E-state index is 0.167. The Balaban J connectivity index is 2.30. The molecule has 5 heteroatoms. The van der Waals surface area contributed by atoms with Gasteiger partial charge in [0.2, 0.25) is 0 Å². The molecule has 1 aliphatic heterocycles. The first-order valence-corrected chi connectivity index (χ1v) is 6.48. The van der Waals surface area contributed by atoms with Crippen LogP contribution in [0.2, 0.25) is 0 Å².